The van der Waals surface area contributed by atoms with Gasteiger partial charge in [0.1, 0.15) is 24.0 Å². The van der Waals surface area contributed by atoms with Crippen molar-refractivity contribution in [1.29, 1.82) is 0 Å². The molecule has 1 aromatic heterocycles. The van der Waals surface area contributed by atoms with Gasteiger partial charge in [0.05, 0.1) is 41.4 Å². The third-order valence-corrected chi connectivity index (χ3v) is 11.9. The lowest BCUT2D eigenvalue weighted by Crippen LogP contribution is -2.57. The van der Waals surface area contributed by atoms with Gasteiger partial charge in [-0.05, 0) is 70.0 Å². The standard InChI is InChI=1S/C35H42N6O5S/c1-6-19-38(22-40-27-12-10-9-11-26(27)36-37-40)33(45)30-35-18-17-34(5,47-35)28(29(35)32(44)41(30)23(4)21-42)31(43)39(20-7-2)24-13-15-25(16-14-24)46-8-3/h6-7,9-16,23,28-30,42H,1-2,8,17-22H2,3-5H3/t23-,28-,29+,30?,34+,35?/m1/s1. The van der Waals surface area contributed by atoms with Crippen molar-refractivity contribution in [2.75, 3.05) is 31.2 Å². The number of likely N-dealkylation sites (tertiary alicyclic amines) is 1. The lowest BCUT2D eigenvalue weighted by molar-refractivity contribution is -0.146. The lowest BCUT2D eigenvalue weighted by Gasteiger charge is -2.39. The molecule has 3 fully saturated rings. The third kappa shape index (κ3) is 5.31. The van der Waals surface area contributed by atoms with Crippen molar-refractivity contribution in [3.05, 3.63) is 73.8 Å². The number of anilines is 1. The monoisotopic (exact) mass is 658 g/mol. The average Bonchev–Trinajstić information content (AvgIpc) is 3.78. The Balaban J connectivity index is 1.38. The summed E-state index contributed by atoms with van der Waals surface area (Å²) in [7, 11) is 0. The Morgan fingerprint density at radius 3 is 2.53 bits per heavy atom. The number of hydrogen-bond donors (Lipinski definition) is 1. The fraction of sp³-hybridized carbons (Fsp3) is 0.457. The SMILES string of the molecule is C=CCN(Cn1nnc2ccccc21)C(=O)C1N([C@H](C)CO)C(=O)[C@@H]2[C@H](C(=O)N(CC=C)c3ccc(OCC)cc3)[C@]3(C)CCC12S3. The Hall–Kier alpha value is -4.16. The summed E-state index contributed by atoms with van der Waals surface area (Å²) >= 11 is 1.60. The highest BCUT2D eigenvalue weighted by Crippen LogP contribution is 2.72. The first-order valence-electron chi connectivity index (χ1n) is 16.1. The van der Waals surface area contributed by atoms with Gasteiger partial charge in [-0.15, -0.1) is 30.0 Å². The number of amides is 3. The molecule has 0 aliphatic carbocycles. The van der Waals surface area contributed by atoms with Gasteiger partial charge in [-0.1, -0.05) is 29.5 Å². The van der Waals surface area contributed by atoms with E-state index in [1.54, 1.807) is 50.2 Å². The van der Waals surface area contributed by atoms with E-state index in [9.17, 15) is 19.5 Å². The van der Waals surface area contributed by atoms with Crippen LogP contribution >= 0.6 is 11.8 Å². The number of hydrogen-bond acceptors (Lipinski definition) is 8. The number of aromatic nitrogens is 3. The maximum absolute atomic E-state index is 14.8. The summed E-state index contributed by atoms with van der Waals surface area (Å²) in [6.07, 6.45) is 4.60. The van der Waals surface area contributed by atoms with E-state index in [0.717, 1.165) is 5.52 Å². The molecule has 6 atom stereocenters. The van der Waals surface area contributed by atoms with E-state index in [1.807, 2.05) is 55.5 Å². The first-order chi connectivity index (χ1) is 22.6. The van der Waals surface area contributed by atoms with Gasteiger partial charge >= 0.3 is 0 Å². The number of fused-ring (bicyclic) bond motifs is 2. The van der Waals surface area contributed by atoms with Crippen LogP contribution in [0.15, 0.2) is 73.8 Å². The van der Waals surface area contributed by atoms with E-state index in [4.69, 9.17) is 4.74 Å². The molecule has 2 bridgehead atoms. The minimum Gasteiger partial charge on any atom is -0.494 e. The molecule has 3 aliphatic heterocycles. The molecule has 6 rings (SSSR count). The first kappa shape index (κ1) is 32.8. The predicted octanol–water partition coefficient (Wildman–Crippen LogP) is 3.88. The van der Waals surface area contributed by atoms with Crippen LogP contribution in [0.4, 0.5) is 5.69 Å². The number of carbonyl (C=O) groups excluding carboxylic acids is 3. The second kappa shape index (κ2) is 12.8. The Morgan fingerprint density at radius 1 is 1.13 bits per heavy atom. The van der Waals surface area contributed by atoms with Gasteiger partial charge in [0.15, 0.2) is 0 Å². The van der Waals surface area contributed by atoms with Gasteiger partial charge in [0.2, 0.25) is 17.7 Å². The molecular formula is C35H42N6O5S. The zero-order valence-corrected chi connectivity index (χ0v) is 27.9. The fourth-order valence-electron chi connectivity index (χ4n) is 7.82. The van der Waals surface area contributed by atoms with Crippen molar-refractivity contribution < 1.29 is 24.2 Å². The number of thioether (sulfide) groups is 1. The third-order valence-electron chi connectivity index (χ3n) is 9.88. The summed E-state index contributed by atoms with van der Waals surface area (Å²) in [6.45, 7) is 14.3. The lowest BCUT2D eigenvalue weighted by atomic mass is 9.66. The highest BCUT2D eigenvalue weighted by Gasteiger charge is 2.78. The second-order valence-corrected chi connectivity index (χ2v) is 14.6. The molecule has 3 amide bonds. The normalized spacial score (nSPS) is 26.7. The predicted molar refractivity (Wildman–Crippen MR) is 182 cm³/mol. The molecule has 1 spiro atoms. The van der Waals surface area contributed by atoms with Crippen molar-refractivity contribution in [3.8, 4) is 5.75 Å². The van der Waals surface area contributed by atoms with Gasteiger partial charge in [0.25, 0.3) is 0 Å². The van der Waals surface area contributed by atoms with Gasteiger partial charge in [-0.3, -0.25) is 14.4 Å². The fourth-order valence-corrected chi connectivity index (χ4v) is 10.1. The molecule has 12 heteroatoms. The van der Waals surface area contributed by atoms with Crippen LogP contribution in [0.5, 0.6) is 5.75 Å². The van der Waals surface area contributed by atoms with Crippen molar-refractivity contribution in [2.45, 2.75) is 61.9 Å². The number of para-hydroxylation sites is 1. The zero-order valence-electron chi connectivity index (χ0n) is 27.1. The molecule has 3 saturated heterocycles. The highest BCUT2D eigenvalue weighted by atomic mass is 32.2. The zero-order chi connectivity index (χ0) is 33.5. The van der Waals surface area contributed by atoms with Crippen molar-refractivity contribution in [3.63, 3.8) is 0 Å². The molecule has 248 valence electrons. The summed E-state index contributed by atoms with van der Waals surface area (Å²) in [5, 5.41) is 18.9. The van der Waals surface area contributed by atoms with E-state index < -0.39 is 33.4 Å². The molecule has 3 aromatic rings. The van der Waals surface area contributed by atoms with E-state index in [-0.39, 0.29) is 44.1 Å². The molecule has 1 N–H and O–H groups in total. The van der Waals surface area contributed by atoms with Gasteiger partial charge in [0, 0.05) is 23.5 Å². The van der Waals surface area contributed by atoms with Crippen molar-refractivity contribution in [2.24, 2.45) is 11.8 Å². The van der Waals surface area contributed by atoms with Crippen LogP contribution < -0.4 is 9.64 Å². The van der Waals surface area contributed by atoms with Crippen LogP contribution in [0.3, 0.4) is 0 Å². The Morgan fingerprint density at radius 2 is 1.85 bits per heavy atom. The van der Waals surface area contributed by atoms with Crippen LogP contribution in [0.1, 0.15) is 33.6 Å². The first-order valence-corrected chi connectivity index (χ1v) is 16.9. The molecule has 2 aromatic carbocycles. The maximum atomic E-state index is 14.8. The van der Waals surface area contributed by atoms with E-state index >= 15 is 0 Å². The van der Waals surface area contributed by atoms with E-state index in [2.05, 4.69) is 30.4 Å². The number of aliphatic hydroxyl groups excluding tert-OH is 1. The average molecular weight is 659 g/mol. The van der Waals surface area contributed by atoms with Gasteiger partial charge < -0.3 is 24.5 Å². The molecule has 11 nitrogen and oxygen atoms in total. The number of aliphatic hydroxyl groups is 1. The van der Waals surface area contributed by atoms with Crippen molar-refractivity contribution in [1.82, 2.24) is 24.8 Å². The topological polar surface area (TPSA) is 121 Å². The number of rotatable bonds is 13. The Kier molecular flexibility index (Phi) is 8.92. The van der Waals surface area contributed by atoms with Crippen LogP contribution in [0, 0.1) is 11.8 Å². The quantitative estimate of drug-likeness (QED) is 0.275. The van der Waals surface area contributed by atoms with Crippen LogP contribution in [0.2, 0.25) is 0 Å². The summed E-state index contributed by atoms with van der Waals surface area (Å²) in [6, 6.07) is 13.3. The number of nitrogens with zero attached hydrogens (tertiary/aromatic N) is 6. The van der Waals surface area contributed by atoms with Gasteiger partial charge in [-0.25, -0.2) is 4.68 Å². The minimum absolute atomic E-state index is 0.104. The van der Waals surface area contributed by atoms with E-state index in [0.29, 0.717) is 36.4 Å². The Bertz CT molecular complexity index is 1690. The molecule has 3 aliphatic rings. The summed E-state index contributed by atoms with van der Waals surface area (Å²) in [5.41, 5.74) is 2.17. The van der Waals surface area contributed by atoms with Crippen LogP contribution in [-0.2, 0) is 21.1 Å². The molecular weight excluding hydrogens is 616 g/mol. The number of ether oxygens (including phenoxy) is 1. The highest BCUT2D eigenvalue weighted by molar-refractivity contribution is 8.02. The maximum Gasteiger partial charge on any atom is 0.248 e. The van der Waals surface area contributed by atoms with Crippen LogP contribution in [-0.4, -0.2) is 95.5 Å². The molecule has 0 saturated carbocycles. The summed E-state index contributed by atoms with van der Waals surface area (Å²) in [4.78, 5) is 49.0. The molecule has 0 radical (unpaired) electrons. The Labute approximate surface area is 279 Å². The largest absolute Gasteiger partial charge is 0.494 e. The van der Waals surface area contributed by atoms with Crippen molar-refractivity contribution >= 4 is 46.2 Å². The minimum atomic E-state index is -0.889. The summed E-state index contributed by atoms with van der Waals surface area (Å²) in [5.74, 6) is -1.43. The number of benzene rings is 2. The smallest absolute Gasteiger partial charge is 0.248 e. The van der Waals surface area contributed by atoms with Gasteiger partial charge in [-0.2, -0.15) is 0 Å². The van der Waals surface area contributed by atoms with Crippen LogP contribution in [0.25, 0.3) is 11.0 Å². The van der Waals surface area contributed by atoms with E-state index in [1.165, 1.54) is 0 Å². The molecule has 47 heavy (non-hydrogen) atoms. The second-order valence-electron chi connectivity index (χ2n) is 12.7. The molecule has 2 unspecified atom stereocenters. The number of carbonyl (C=O) groups is 3. The molecule has 4 heterocycles. The summed E-state index contributed by atoms with van der Waals surface area (Å²) < 4.78 is 5.85.